The number of alkyl halides is 3. The number of para-hydroxylation sites is 1. The van der Waals surface area contributed by atoms with Crippen LogP contribution in [0.15, 0.2) is 67.4 Å². The van der Waals surface area contributed by atoms with E-state index in [9.17, 15) is 22.8 Å². The third-order valence-electron chi connectivity index (χ3n) is 5.70. The maximum atomic E-state index is 11.8. The quantitative estimate of drug-likeness (QED) is 0.168. The summed E-state index contributed by atoms with van der Waals surface area (Å²) in [5.74, 6) is 1.20. The van der Waals surface area contributed by atoms with Crippen LogP contribution in [0.1, 0.15) is 22.8 Å². The zero-order valence-electron chi connectivity index (χ0n) is 27.5. The number of hydrogen-bond acceptors (Lipinski definition) is 9. The number of anilines is 1. The molecule has 1 aliphatic rings. The summed E-state index contributed by atoms with van der Waals surface area (Å²) in [6, 6.07) is 11.3. The first-order valence-corrected chi connectivity index (χ1v) is 14.2. The number of nitrogens with one attached hydrogen (secondary N) is 3. The summed E-state index contributed by atoms with van der Waals surface area (Å²) < 4.78 is 42.4. The molecule has 11 nitrogen and oxygen atoms in total. The van der Waals surface area contributed by atoms with Gasteiger partial charge in [-0.15, -0.1) is 12.8 Å². The van der Waals surface area contributed by atoms with Crippen LogP contribution in [-0.4, -0.2) is 92.7 Å². The minimum Gasteiger partial charge on any atom is -0.480 e. The summed E-state index contributed by atoms with van der Waals surface area (Å²) in [5.41, 5.74) is 3.86. The summed E-state index contributed by atoms with van der Waals surface area (Å²) >= 11 is 0. The second-order valence-electron chi connectivity index (χ2n) is 9.24. The number of carbonyl (C=O) groups is 2. The van der Waals surface area contributed by atoms with E-state index in [-0.39, 0.29) is 19.2 Å². The molecule has 256 valence electrons. The Hall–Kier alpha value is -4.97. The highest BCUT2D eigenvalue weighted by molar-refractivity contribution is 5.82. The number of amides is 1. The number of halogens is 3. The number of aromatic nitrogens is 3. The van der Waals surface area contributed by atoms with Crippen molar-refractivity contribution in [2.75, 3.05) is 53.3 Å². The van der Waals surface area contributed by atoms with Crippen LogP contribution in [-0.2, 0) is 9.63 Å². The minimum atomic E-state index is -4.27. The van der Waals surface area contributed by atoms with Gasteiger partial charge in [-0.05, 0) is 46.1 Å². The van der Waals surface area contributed by atoms with Crippen molar-refractivity contribution < 1.29 is 32.3 Å². The van der Waals surface area contributed by atoms with Crippen molar-refractivity contribution in [2.24, 2.45) is 0 Å². The molecule has 3 N–H and O–H groups in total. The van der Waals surface area contributed by atoms with Gasteiger partial charge in [0, 0.05) is 30.9 Å². The Bertz CT molecular complexity index is 1390. The van der Waals surface area contributed by atoms with Gasteiger partial charge in [-0.3, -0.25) is 14.4 Å². The van der Waals surface area contributed by atoms with Crippen molar-refractivity contribution in [3.05, 3.63) is 78.5 Å². The van der Waals surface area contributed by atoms with Crippen LogP contribution in [0.3, 0.4) is 0 Å². The number of terminal acetylenes is 1. The zero-order chi connectivity index (χ0) is 35.8. The lowest BCUT2D eigenvalue weighted by molar-refractivity contribution is -0.212. The molecule has 1 atom stereocenters. The summed E-state index contributed by atoms with van der Waals surface area (Å²) in [7, 11) is 7.10. The lowest BCUT2D eigenvalue weighted by Gasteiger charge is -2.15. The van der Waals surface area contributed by atoms with Crippen molar-refractivity contribution in [1.82, 2.24) is 30.5 Å². The SMILES string of the molecule is C#C.C=C/C=C\C.CNC.CNc1c(C)c(-c2cnc(OC)c(C=O)c2)nn1-c1ccccc1.O=CNC1CON(CC(F)(F)F)C1. The average Bonchev–Trinajstić information content (AvgIpc) is 3.65. The molecule has 0 bridgehead atoms. The highest BCUT2D eigenvalue weighted by Crippen LogP contribution is 2.31. The van der Waals surface area contributed by atoms with Gasteiger partial charge < -0.3 is 20.7 Å². The Morgan fingerprint density at radius 3 is 2.28 bits per heavy atom. The molecule has 0 radical (unpaired) electrons. The molecular formula is C33H44F3N7O4. The van der Waals surface area contributed by atoms with Gasteiger partial charge in [0.25, 0.3) is 0 Å². The van der Waals surface area contributed by atoms with Crippen LogP contribution in [0.4, 0.5) is 19.0 Å². The van der Waals surface area contributed by atoms with Crippen molar-refractivity contribution in [3.63, 3.8) is 0 Å². The number of ether oxygens (including phenoxy) is 1. The Morgan fingerprint density at radius 2 is 1.81 bits per heavy atom. The van der Waals surface area contributed by atoms with Gasteiger partial charge in [-0.2, -0.15) is 23.3 Å². The first kappa shape index (κ1) is 42.0. The fourth-order valence-corrected chi connectivity index (χ4v) is 3.86. The lowest BCUT2D eigenvalue weighted by Crippen LogP contribution is -2.36. The van der Waals surface area contributed by atoms with E-state index in [4.69, 9.17) is 9.84 Å². The molecule has 14 heteroatoms. The molecule has 0 saturated carbocycles. The molecule has 1 fully saturated rings. The maximum absolute atomic E-state index is 11.8. The summed E-state index contributed by atoms with van der Waals surface area (Å²) in [6.07, 6.45) is 12.2. The largest absolute Gasteiger partial charge is 0.480 e. The number of carbonyl (C=O) groups excluding carboxylic acids is 2. The number of nitrogens with zero attached hydrogens (tertiary/aromatic N) is 4. The summed E-state index contributed by atoms with van der Waals surface area (Å²) in [5, 5.41) is 13.8. The highest BCUT2D eigenvalue weighted by atomic mass is 19.4. The lowest BCUT2D eigenvalue weighted by atomic mass is 10.1. The number of benzene rings is 1. The summed E-state index contributed by atoms with van der Waals surface area (Å²) in [6.45, 7) is 6.46. The minimum absolute atomic E-state index is 0.0677. The van der Waals surface area contributed by atoms with Crippen LogP contribution in [0, 0.1) is 19.8 Å². The van der Waals surface area contributed by atoms with E-state index in [1.165, 1.54) is 7.11 Å². The standard InChI is InChI=1S/C18H18N4O2.C6H9F3N2O2.C5H8.C2H7N.C2H2/c1-12-16(13-9-14(11-23)18(24-3)20-10-13)21-22(17(12)19-2)15-7-5-4-6-8-15;7-6(8,9)3-11-1-5(2-13-11)10-4-12;1-3-5-4-2;1-3-2;1-2/h4-11,19H,1-3H3;4-5H,1-3H2,(H,10,12);3-5H,1H2,2H3;3H,1-2H3;1-2H/b;;5-4-;;. The average molecular weight is 660 g/mol. The third-order valence-corrected chi connectivity index (χ3v) is 5.70. The van der Waals surface area contributed by atoms with Crippen molar-refractivity contribution in [3.8, 4) is 35.7 Å². The third kappa shape index (κ3) is 14.8. The first-order chi connectivity index (χ1) is 22.5. The molecule has 4 rings (SSSR count). The van der Waals surface area contributed by atoms with E-state index in [1.807, 2.05) is 82.2 Å². The molecule has 0 spiro atoms. The normalized spacial score (nSPS) is 13.6. The molecule has 1 aromatic carbocycles. The molecule has 0 aliphatic carbocycles. The van der Waals surface area contributed by atoms with Gasteiger partial charge >= 0.3 is 6.18 Å². The Balaban J connectivity index is 0.000000771. The number of hydrogen-bond donors (Lipinski definition) is 3. The molecule has 1 unspecified atom stereocenters. The van der Waals surface area contributed by atoms with E-state index < -0.39 is 12.7 Å². The predicted octanol–water partition coefficient (Wildman–Crippen LogP) is 4.85. The molecule has 3 aromatic rings. The van der Waals surface area contributed by atoms with Crippen molar-refractivity contribution in [1.29, 1.82) is 0 Å². The highest BCUT2D eigenvalue weighted by Gasteiger charge is 2.35. The monoisotopic (exact) mass is 659 g/mol. The molecule has 1 saturated heterocycles. The molecule has 1 amide bonds. The number of allylic oxidation sites excluding steroid dienone is 3. The van der Waals surface area contributed by atoms with Gasteiger partial charge in [0.1, 0.15) is 12.4 Å². The van der Waals surface area contributed by atoms with Crippen LogP contribution >= 0.6 is 0 Å². The number of aldehydes is 1. The van der Waals surface area contributed by atoms with Gasteiger partial charge in [0.05, 0.1) is 36.7 Å². The molecule has 47 heavy (non-hydrogen) atoms. The molecule has 2 aromatic heterocycles. The fourth-order valence-electron chi connectivity index (χ4n) is 3.86. The molecular weight excluding hydrogens is 615 g/mol. The number of methoxy groups -OCH3 is 1. The smallest absolute Gasteiger partial charge is 0.403 e. The van der Waals surface area contributed by atoms with E-state index in [0.29, 0.717) is 17.9 Å². The van der Waals surface area contributed by atoms with E-state index >= 15 is 0 Å². The van der Waals surface area contributed by atoms with Gasteiger partial charge in [0.2, 0.25) is 12.3 Å². The van der Waals surface area contributed by atoms with Crippen LogP contribution in [0.2, 0.25) is 0 Å². The van der Waals surface area contributed by atoms with Crippen LogP contribution < -0.4 is 20.7 Å². The maximum Gasteiger partial charge on any atom is 0.403 e. The van der Waals surface area contributed by atoms with Crippen molar-refractivity contribution >= 4 is 18.5 Å². The van der Waals surface area contributed by atoms with Gasteiger partial charge in [-0.25, -0.2) is 9.67 Å². The van der Waals surface area contributed by atoms with Crippen LogP contribution in [0.5, 0.6) is 5.88 Å². The second kappa shape index (κ2) is 23.4. The van der Waals surface area contributed by atoms with Gasteiger partial charge in [-0.1, -0.05) is 43.0 Å². The van der Waals surface area contributed by atoms with E-state index in [2.05, 4.69) is 45.2 Å². The van der Waals surface area contributed by atoms with Gasteiger partial charge in [0.15, 0.2) is 6.29 Å². The molecule has 3 heterocycles. The topological polar surface area (TPSA) is 123 Å². The fraction of sp³-hybridized carbons (Fsp3) is 0.333. The van der Waals surface area contributed by atoms with Crippen LogP contribution in [0.25, 0.3) is 16.9 Å². The number of pyridine rings is 1. The first-order valence-electron chi connectivity index (χ1n) is 14.2. The Morgan fingerprint density at radius 1 is 1.17 bits per heavy atom. The Labute approximate surface area is 274 Å². The number of rotatable bonds is 9. The summed E-state index contributed by atoms with van der Waals surface area (Å²) in [4.78, 5) is 30.1. The van der Waals surface area contributed by atoms with E-state index in [1.54, 1.807) is 18.3 Å². The molecule has 1 aliphatic heterocycles. The predicted molar refractivity (Wildman–Crippen MR) is 179 cm³/mol. The number of hydroxylamine groups is 2. The second-order valence-corrected chi connectivity index (χ2v) is 9.24. The zero-order valence-corrected chi connectivity index (χ0v) is 27.5. The van der Waals surface area contributed by atoms with E-state index in [0.717, 1.165) is 39.7 Å². The Kier molecular flexibility index (Phi) is 20.9. The van der Waals surface area contributed by atoms with Crippen molar-refractivity contribution in [2.45, 2.75) is 26.1 Å².